The molecule has 0 aliphatic rings. The summed E-state index contributed by atoms with van der Waals surface area (Å²) < 4.78 is 15.5. The van der Waals surface area contributed by atoms with Crippen molar-refractivity contribution in [2.45, 2.75) is 20.3 Å². The van der Waals surface area contributed by atoms with Crippen molar-refractivity contribution >= 4 is 22.7 Å². The van der Waals surface area contributed by atoms with Crippen molar-refractivity contribution in [3.63, 3.8) is 0 Å². The molecule has 0 fully saturated rings. The molecule has 20 heavy (non-hydrogen) atoms. The quantitative estimate of drug-likeness (QED) is 0.599. The zero-order valence-corrected chi connectivity index (χ0v) is 11.5. The van der Waals surface area contributed by atoms with Gasteiger partial charge >= 0.3 is 5.97 Å². The van der Waals surface area contributed by atoms with Gasteiger partial charge < -0.3 is 13.9 Å². The second-order valence-electron chi connectivity index (χ2n) is 4.37. The molecule has 0 spiro atoms. The van der Waals surface area contributed by atoms with E-state index in [1.54, 1.807) is 25.1 Å². The SMILES string of the molecule is CCOC(=O)CC(=O)COc1ccc2oc(C)cc2c1. The lowest BCUT2D eigenvalue weighted by atomic mass is 10.2. The standard InChI is InChI=1S/C15H16O5/c1-3-18-15(17)8-12(16)9-19-13-4-5-14-11(7-13)6-10(2)20-14/h4-7H,3,8-9H2,1-2H3. The fraction of sp³-hybridized carbons (Fsp3) is 0.333. The number of aryl methyl sites for hydroxylation is 1. The normalized spacial score (nSPS) is 10.5. The molecule has 1 aromatic heterocycles. The van der Waals surface area contributed by atoms with E-state index in [2.05, 4.69) is 0 Å². The largest absolute Gasteiger partial charge is 0.486 e. The molecule has 0 atom stereocenters. The smallest absolute Gasteiger partial charge is 0.313 e. The number of hydrogen-bond donors (Lipinski definition) is 0. The summed E-state index contributed by atoms with van der Waals surface area (Å²) in [6, 6.07) is 7.20. The molecular formula is C15H16O5. The molecule has 5 nitrogen and oxygen atoms in total. The van der Waals surface area contributed by atoms with Gasteiger partial charge in [0, 0.05) is 5.39 Å². The minimum Gasteiger partial charge on any atom is -0.486 e. The van der Waals surface area contributed by atoms with Gasteiger partial charge in [-0.15, -0.1) is 0 Å². The highest BCUT2D eigenvalue weighted by Crippen LogP contribution is 2.23. The lowest BCUT2D eigenvalue weighted by molar-refractivity contribution is -0.145. The second-order valence-corrected chi connectivity index (χ2v) is 4.37. The molecule has 5 heteroatoms. The van der Waals surface area contributed by atoms with Gasteiger partial charge in [-0.3, -0.25) is 9.59 Å². The van der Waals surface area contributed by atoms with Gasteiger partial charge in [-0.1, -0.05) is 0 Å². The number of carbonyl (C=O) groups excluding carboxylic acids is 2. The van der Waals surface area contributed by atoms with E-state index in [0.29, 0.717) is 5.75 Å². The molecule has 0 unspecified atom stereocenters. The van der Waals surface area contributed by atoms with Crippen molar-refractivity contribution in [1.29, 1.82) is 0 Å². The number of ketones is 1. The average Bonchev–Trinajstić information content (AvgIpc) is 2.75. The van der Waals surface area contributed by atoms with Crippen LogP contribution in [0.2, 0.25) is 0 Å². The van der Waals surface area contributed by atoms with Crippen molar-refractivity contribution in [1.82, 2.24) is 0 Å². The van der Waals surface area contributed by atoms with Crippen LogP contribution in [0.15, 0.2) is 28.7 Å². The molecule has 1 heterocycles. The Balaban J connectivity index is 1.91. The van der Waals surface area contributed by atoms with Crippen molar-refractivity contribution in [2.75, 3.05) is 13.2 Å². The molecule has 2 aromatic rings. The summed E-state index contributed by atoms with van der Waals surface area (Å²) in [5, 5.41) is 0.915. The van der Waals surface area contributed by atoms with Crippen LogP contribution in [0.25, 0.3) is 11.0 Å². The number of Topliss-reactive ketones (excluding diaryl/α,β-unsaturated/α-hetero) is 1. The molecule has 0 amide bonds. The van der Waals surface area contributed by atoms with Crippen LogP contribution >= 0.6 is 0 Å². The summed E-state index contributed by atoms with van der Waals surface area (Å²) in [5.74, 6) is 0.542. The number of fused-ring (bicyclic) bond motifs is 1. The maximum absolute atomic E-state index is 11.5. The first-order chi connectivity index (χ1) is 9.58. The number of carbonyl (C=O) groups is 2. The maximum atomic E-state index is 11.5. The number of ether oxygens (including phenoxy) is 2. The lowest BCUT2D eigenvalue weighted by Crippen LogP contribution is -2.17. The van der Waals surface area contributed by atoms with Crippen LogP contribution in [0.3, 0.4) is 0 Å². The van der Waals surface area contributed by atoms with E-state index in [1.807, 2.05) is 13.0 Å². The van der Waals surface area contributed by atoms with Crippen LogP contribution in [0.5, 0.6) is 5.75 Å². The summed E-state index contributed by atoms with van der Waals surface area (Å²) in [6.07, 6.45) is -0.263. The number of hydrogen-bond acceptors (Lipinski definition) is 5. The van der Waals surface area contributed by atoms with Gasteiger partial charge in [-0.25, -0.2) is 0 Å². The maximum Gasteiger partial charge on any atom is 0.313 e. The summed E-state index contributed by atoms with van der Waals surface area (Å²) in [7, 11) is 0. The van der Waals surface area contributed by atoms with E-state index in [0.717, 1.165) is 16.7 Å². The van der Waals surface area contributed by atoms with Crippen LogP contribution in [-0.2, 0) is 14.3 Å². The summed E-state index contributed by atoms with van der Waals surface area (Å²) in [5.41, 5.74) is 0.771. The minimum absolute atomic E-state index is 0.152. The van der Waals surface area contributed by atoms with Gasteiger partial charge in [0.25, 0.3) is 0 Å². The van der Waals surface area contributed by atoms with Gasteiger partial charge in [0.2, 0.25) is 0 Å². The third-order valence-corrected chi connectivity index (χ3v) is 2.66. The fourth-order valence-electron chi connectivity index (χ4n) is 1.83. The Labute approximate surface area is 116 Å². The molecule has 0 radical (unpaired) electrons. The summed E-state index contributed by atoms with van der Waals surface area (Å²) in [4.78, 5) is 22.7. The van der Waals surface area contributed by atoms with Crippen LogP contribution in [-0.4, -0.2) is 25.0 Å². The molecule has 0 N–H and O–H groups in total. The summed E-state index contributed by atoms with van der Waals surface area (Å²) >= 11 is 0. The van der Waals surface area contributed by atoms with Gasteiger partial charge in [-0.2, -0.15) is 0 Å². The molecule has 106 valence electrons. The van der Waals surface area contributed by atoms with E-state index in [1.165, 1.54) is 0 Å². The van der Waals surface area contributed by atoms with Crippen molar-refractivity contribution in [2.24, 2.45) is 0 Å². The number of rotatable bonds is 6. The van der Waals surface area contributed by atoms with Crippen LogP contribution in [0, 0.1) is 6.92 Å². The van der Waals surface area contributed by atoms with Crippen molar-refractivity contribution < 1.29 is 23.5 Å². The Bertz CT molecular complexity index is 626. The highest BCUT2D eigenvalue weighted by Gasteiger charge is 2.11. The molecular weight excluding hydrogens is 260 g/mol. The van der Waals surface area contributed by atoms with Crippen LogP contribution < -0.4 is 4.74 Å². The Morgan fingerprint density at radius 2 is 2.05 bits per heavy atom. The van der Waals surface area contributed by atoms with E-state index in [9.17, 15) is 9.59 Å². The Morgan fingerprint density at radius 3 is 2.80 bits per heavy atom. The first-order valence-corrected chi connectivity index (χ1v) is 6.39. The molecule has 0 aliphatic heterocycles. The molecule has 0 aliphatic carbocycles. The molecule has 0 saturated heterocycles. The van der Waals surface area contributed by atoms with Crippen molar-refractivity contribution in [3.8, 4) is 5.75 Å². The van der Waals surface area contributed by atoms with Gasteiger partial charge in [0.05, 0.1) is 6.61 Å². The van der Waals surface area contributed by atoms with Crippen LogP contribution in [0.4, 0.5) is 0 Å². The van der Waals surface area contributed by atoms with Gasteiger partial charge in [-0.05, 0) is 38.1 Å². The molecule has 1 aromatic carbocycles. The summed E-state index contributed by atoms with van der Waals surface area (Å²) in [6.45, 7) is 3.68. The monoisotopic (exact) mass is 276 g/mol. The van der Waals surface area contributed by atoms with E-state index < -0.39 is 5.97 Å². The molecule has 0 bridgehead atoms. The zero-order chi connectivity index (χ0) is 14.5. The average molecular weight is 276 g/mol. The lowest BCUT2D eigenvalue weighted by Gasteiger charge is -2.05. The minimum atomic E-state index is -0.526. The number of furan rings is 1. The van der Waals surface area contributed by atoms with Gasteiger partial charge in [0.1, 0.15) is 30.1 Å². The predicted octanol–water partition coefficient (Wildman–Crippen LogP) is 2.64. The predicted molar refractivity (Wildman–Crippen MR) is 72.7 cm³/mol. The Morgan fingerprint density at radius 1 is 1.25 bits per heavy atom. The van der Waals surface area contributed by atoms with E-state index >= 15 is 0 Å². The third kappa shape index (κ3) is 3.60. The third-order valence-electron chi connectivity index (χ3n) is 2.66. The first-order valence-electron chi connectivity index (χ1n) is 6.39. The molecule has 0 saturated carbocycles. The second kappa shape index (κ2) is 6.23. The first kappa shape index (κ1) is 14.1. The van der Waals surface area contributed by atoms with Crippen LogP contribution in [0.1, 0.15) is 19.1 Å². The highest BCUT2D eigenvalue weighted by atomic mass is 16.5. The van der Waals surface area contributed by atoms with Gasteiger partial charge in [0.15, 0.2) is 5.78 Å². The fourth-order valence-corrected chi connectivity index (χ4v) is 1.83. The van der Waals surface area contributed by atoms with Crippen molar-refractivity contribution in [3.05, 3.63) is 30.0 Å². The highest BCUT2D eigenvalue weighted by molar-refractivity contribution is 5.96. The molecule has 2 rings (SSSR count). The topological polar surface area (TPSA) is 65.7 Å². The van der Waals surface area contributed by atoms with E-state index in [4.69, 9.17) is 13.9 Å². The zero-order valence-electron chi connectivity index (χ0n) is 11.5. The Kier molecular flexibility index (Phi) is 4.40. The Hall–Kier alpha value is -2.30. The number of benzene rings is 1. The van der Waals surface area contributed by atoms with E-state index in [-0.39, 0.29) is 25.4 Å². The number of esters is 1.